The number of likely N-dealkylation sites (N-methyl/N-ethyl adjacent to an activating group) is 1. The van der Waals surface area contributed by atoms with Gasteiger partial charge < -0.3 is 19.7 Å². The Balaban J connectivity index is 1.46. The molecule has 3 rings (SSSR count). The number of rotatable bonds is 4. The Morgan fingerprint density at radius 3 is 2.95 bits per heavy atom. The molecule has 2 aliphatic heterocycles. The minimum Gasteiger partial charge on any atom is -0.492 e. The summed E-state index contributed by atoms with van der Waals surface area (Å²) in [5.41, 5.74) is 1.25. The number of amides is 1. The lowest BCUT2D eigenvalue weighted by atomic mass is 10.0. The molecule has 1 N–H and O–H groups in total. The minimum absolute atomic E-state index is 0.0671. The fourth-order valence-corrected chi connectivity index (χ4v) is 3.08. The number of nitrogens with zero attached hydrogens (tertiary/aromatic N) is 1. The molecule has 0 radical (unpaired) electrons. The lowest BCUT2D eigenvalue weighted by Gasteiger charge is -2.27. The molecule has 1 aromatic carbocycles. The molecule has 5 heteroatoms. The first-order chi connectivity index (χ1) is 10.6. The Bertz CT molecular complexity index is 532. The van der Waals surface area contributed by atoms with Gasteiger partial charge in [-0.15, -0.1) is 0 Å². The number of carbonyl (C=O) groups excluding carboxylic acids is 1. The molecule has 1 aromatic rings. The summed E-state index contributed by atoms with van der Waals surface area (Å²) < 4.78 is 11.6. The average molecular weight is 304 g/mol. The molecule has 0 unspecified atom stereocenters. The van der Waals surface area contributed by atoms with Crippen LogP contribution in [0, 0.1) is 0 Å². The highest BCUT2D eigenvalue weighted by molar-refractivity contribution is 5.80. The first kappa shape index (κ1) is 15.3. The first-order valence-electron chi connectivity index (χ1n) is 7.94. The fourth-order valence-electron chi connectivity index (χ4n) is 3.08. The Hall–Kier alpha value is -1.59. The fraction of sp³-hybridized carbons (Fsp3) is 0.588. The van der Waals surface area contributed by atoms with Crippen LogP contribution in [0.5, 0.6) is 5.75 Å². The first-order valence-corrected chi connectivity index (χ1v) is 7.94. The van der Waals surface area contributed by atoms with Crippen LogP contribution in [0.25, 0.3) is 0 Å². The van der Waals surface area contributed by atoms with Crippen LogP contribution in [-0.4, -0.2) is 56.3 Å². The quantitative estimate of drug-likeness (QED) is 0.908. The van der Waals surface area contributed by atoms with Gasteiger partial charge in [0.2, 0.25) is 0 Å². The van der Waals surface area contributed by atoms with Crippen LogP contribution < -0.4 is 10.1 Å². The molecule has 1 fully saturated rings. The molecule has 120 valence electrons. The molecular weight excluding hydrogens is 280 g/mol. The zero-order chi connectivity index (χ0) is 15.5. The van der Waals surface area contributed by atoms with E-state index in [-0.39, 0.29) is 18.1 Å². The van der Waals surface area contributed by atoms with E-state index in [2.05, 4.69) is 11.4 Å². The number of fused-ring (bicyclic) bond motifs is 1. The number of benzene rings is 1. The molecule has 1 saturated heterocycles. The molecule has 3 atom stereocenters. The number of nitrogens with one attached hydrogen (secondary N) is 1. The van der Waals surface area contributed by atoms with Gasteiger partial charge in [0.1, 0.15) is 18.5 Å². The van der Waals surface area contributed by atoms with E-state index in [0.717, 1.165) is 31.6 Å². The van der Waals surface area contributed by atoms with Crippen LogP contribution in [0.3, 0.4) is 0 Å². The smallest absolute Gasteiger partial charge is 0.251 e. The van der Waals surface area contributed by atoms with Crippen molar-refractivity contribution in [2.24, 2.45) is 0 Å². The lowest BCUT2D eigenvalue weighted by Crippen LogP contribution is -2.43. The number of ether oxygens (including phenoxy) is 2. The summed E-state index contributed by atoms with van der Waals surface area (Å²) in [6, 6.07) is 8.48. The Labute approximate surface area is 131 Å². The summed E-state index contributed by atoms with van der Waals surface area (Å²) in [4.78, 5) is 13.5. The van der Waals surface area contributed by atoms with Crippen molar-refractivity contribution >= 4 is 5.91 Å². The van der Waals surface area contributed by atoms with Gasteiger partial charge in [-0.1, -0.05) is 18.2 Å². The second-order valence-corrected chi connectivity index (χ2v) is 6.28. The van der Waals surface area contributed by atoms with Crippen LogP contribution in [0.2, 0.25) is 0 Å². The molecule has 2 heterocycles. The standard InChI is InChI=1S/C17H24N2O3/c1-19(2)17(20)16-8-7-14(22-16)10-18-13-9-12-5-3-4-6-15(12)21-11-13/h3-6,13-14,16,18H,7-11H2,1-2H3/t13-,14+,16+/m1/s1. The lowest BCUT2D eigenvalue weighted by molar-refractivity contribution is -0.140. The van der Waals surface area contributed by atoms with Crippen LogP contribution in [0.4, 0.5) is 0 Å². The number of hydrogen-bond acceptors (Lipinski definition) is 4. The highest BCUT2D eigenvalue weighted by atomic mass is 16.5. The van der Waals surface area contributed by atoms with Gasteiger partial charge in [-0.25, -0.2) is 0 Å². The maximum absolute atomic E-state index is 11.9. The van der Waals surface area contributed by atoms with E-state index < -0.39 is 0 Å². The summed E-state index contributed by atoms with van der Waals surface area (Å²) in [5.74, 6) is 1.06. The van der Waals surface area contributed by atoms with Gasteiger partial charge in [-0.3, -0.25) is 4.79 Å². The third-order valence-corrected chi connectivity index (χ3v) is 4.34. The van der Waals surface area contributed by atoms with Crippen LogP contribution >= 0.6 is 0 Å². The van der Waals surface area contributed by atoms with Gasteiger partial charge in [0, 0.05) is 26.7 Å². The topological polar surface area (TPSA) is 50.8 Å². The van der Waals surface area contributed by atoms with Crippen molar-refractivity contribution < 1.29 is 14.3 Å². The van der Waals surface area contributed by atoms with E-state index in [1.165, 1.54) is 5.56 Å². The largest absolute Gasteiger partial charge is 0.492 e. The third-order valence-electron chi connectivity index (χ3n) is 4.34. The van der Waals surface area contributed by atoms with Crippen molar-refractivity contribution in [3.63, 3.8) is 0 Å². The van der Waals surface area contributed by atoms with Gasteiger partial charge in [-0.05, 0) is 30.9 Å². The predicted octanol–water partition coefficient (Wildman–Crippen LogP) is 1.22. The summed E-state index contributed by atoms with van der Waals surface area (Å²) in [5, 5.41) is 3.52. The normalized spacial score (nSPS) is 27.1. The Morgan fingerprint density at radius 2 is 2.14 bits per heavy atom. The van der Waals surface area contributed by atoms with E-state index in [4.69, 9.17) is 9.47 Å². The van der Waals surface area contributed by atoms with E-state index in [0.29, 0.717) is 12.6 Å². The summed E-state index contributed by atoms with van der Waals surface area (Å²) in [6.07, 6.45) is 2.56. The van der Waals surface area contributed by atoms with Gasteiger partial charge in [-0.2, -0.15) is 0 Å². The van der Waals surface area contributed by atoms with Gasteiger partial charge >= 0.3 is 0 Å². The van der Waals surface area contributed by atoms with Gasteiger partial charge in [0.05, 0.1) is 6.10 Å². The highest BCUT2D eigenvalue weighted by Gasteiger charge is 2.32. The maximum Gasteiger partial charge on any atom is 0.251 e. The van der Waals surface area contributed by atoms with Crippen molar-refractivity contribution in [3.05, 3.63) is 29.8 Å². The Kier molecular flexibility index (Phi) is 4.64. The van der Waals surface area contributed by atoms with E-state index in [9.17, 15) is 4.79 Å². The molecular formula is C17H24N2O3. The monoisotopic (exact) mass is 304 g/mol. The number of para-hydroxylation sites is 1. The van der Waals surface area contributed by atoms with E-state index >= 15 is 0 Å². The Morgan fingerprint density at radius 1 is 1.32 bits per heavy atom. The van der Waals surface area contributed by atoms with Crippen molar-refractivity contribution in [2.45, 2.75) is 37.5 Å². The van der Waals surface area contributed by atoms with E-state index in [1.807, 2.05) is 18.2 Å². The predicted molar refractivity (Wildman–Crippen MR) is 84.0 cm³/mol. The number of hydrogen-bond donors (Lipinski definition) is 1. The molecule has 0 bridgehead atoms. The molecule has 2 aliphatic rings. The van der Waals surface area contributed by atoms with Crippen molar-refractivity contribution in [1.82, 2.24) is 10.2 Å². The van der Waals surface area contributed by atoms with E-state index in [1.54, 1.807) is 19.0 Å². The van der Waals surface area contributed by atoms with Gasteiger partial charge in [0.25, 0.3) is 5.91 Å². The SMILES string of the molecule is CN(C)C(=O)[C@@H]1CC[C@@H](CN[C@H]2COc3ccccc3C2)O1. The maximum atomic E-state index is 11.9. The molecule has 0 saturated carbocycles. The molecule has 0 aromatic heterocycles. The summed E-state index contributed by atoms with van der Waals surface area (Å²) >= 11 is 0. The molecule has 5 nitrogen and oxygen atoms in total. The molecule has 1 amide bonds. The summed E-state index contributed by atoms with van der Waals surface area (Å²) in [7, 11) is 3.54. The van der Waals surface area contributed by atoms with Crippen LogP contribution in [0.15, 0.2) is 24.3 Å². The molecule has 0 aliphatic carbocycles. The van der Waals surface area contributed by atoms with Crippen LogP contribution in [0.1, 0.15) is 18.4 Å². The van der Waals surface area contributed by atoms with Gasteiger partial charge in [0.15, 0.2) is 0 Å². The third kappa shape index (κ3) is 3.42. The zero-order valence-corrected chi connectivity index (χ0v) is 13.2. The number of carbonyl (C=O) groups is 1. The average Bonchev–Trinajstić information content (AvgIpc) is 3.00. The molecule has 0 spiro atoms. The molecule has 22 heavy (non-hydrogen) atoms. The summed E-state index contributed by atoms with van der Waals surface area (Å²) in [6.45, 7) is 1.46. The highest BCUT2D eigenvalue weighted by Crippen LogP contribution is 2.24. The van der Waals surface area contributed by atoms with Crippen molar-refractivity contribution in [3.8, 4) is 5.75 Å². The zero-order valence-electron chi connectivity index (χ0n) is 13.2. The van der Waals surface area contributed by atoms with Crippen molar-refractivity contribution in [1.29, 1.82) is 0 Å². The second kappa shape index (κ2) is 6.67. The van der Waals surface area contributed by atoms with Crippen LogP contribution in [-0.2, 0) is 16.0 Å². The second-order valence-electron chi connectivity index (χ2n) is 6.28. The van der Waals surface area contributed by atoms with Crippen molar-refractivity contribution in [2.75, 3.05) is 27.2 Å². The minimum atomic E-state index is -0.273.